The Labute approximate surface area is 114 Å². The van der Waals surface area contributed by atoms with E-state index in [0.29, 0.717) is 12.2 Å². The summed E-state index contributed by atoms with van der Waals surface area (Å²) >= 11 is 0. The van der Waals surface area contributed by atoms with Crippen molar-refractivity contribution < 1.29 is 9.32 Å². The predicted molar refractivity (Wildman–Crippen MR) is 70.1 cm³/mol. The van der Waals surface area contributed by atoms with Crippen LogP contribution in [0.1, 0.15) is 21.9 Å². The number of benzene rings is 1. The molecule has 0 aliphatic rings. The van der Waals surface area contributed by atoms with Gasteiger partial charge < -0.3 is 4.52 Å². The first kappa shape index (κ1) is 12.1. The molecule has 0 bridgehead atoms. The van der Waals surface area contributed by atoms with Gasteiger partial charge >= 0.3 is 0 Å². The Morgan fingerprint density at radius 1 is 1.25 bits per heavy atom. The Kier molecular flexibility index (Phi) is 3.24. The second-order valence-electron chi connectivity index (χ2n) is 4.10. The molecule has 2 aromatic heterocycles. The minimum atomic E-state index is -0.437. The Morgan fingerprint density at radius 3 is 2.85 bits per heavy atom. The van der Waals surface area contributed by atoms with Gasteiger partial charge in [-0.15, -0.1) is 5.10 Å². The van der Waals surface area contributed by atoms with Crippen LogP contribution in [0.15, 0.2) is 47.1 Å². The summed E-state index contributed by atoms with van der Waals surface area (Å²) in [5, 5.41) is 12.7. The van der Waals surface area contributed by atoms with Crippen molar-refractivity contribution in [2.45, 2.75) is 6.42 Å². The molecule has 7 nitrogen and oxygen atoms in total. The number of nitrogens with one attached hydrogen (secondary N) is 2. The van der Waals surface area contributed by atoms with E-state index in [-0.39, 0.29) is 11.7 Å². The smallest absolute Gasteiger partial charge is 0.296 e. The van der Waals surface area contributed by atoms with E-state index in [1.807, 2.05) is 30.3 Å². The number of carbonyl (C=O) groups is 1. The number of aromatic nitrogens is 4. The first-order valence-electron chi connectivity index (χ1n) is 5.98. The minimum absolute atomic E-state index is 0.111. The number of rotatable bonds is 4. The van der Waals surface area contributed by atoms with Crippen LogP contribution in [0.25, 0.3) is 0 Å². The van der Waals surface area contributed by atoms with Crippen LogP contribution in [0.4, 0.5) is 5.95 Å². The molecule has 1 aromatic carbocycles. The Morgan fingerprint density at radius 2 is 2.10 bits per heavy atom. The molecule has 0 spiro atoms. The Bertz CT molecular complexity index is 691. The van der Waals surface area contributed by atoms with Gasteiger partial charge in [0.25, 0.3) is 5.91 Å². The first-order chi connectivity index (χ1) is 9.81. The van der Waals surface area contributed by atoms with E-state index < -0.39 is 5.91 Å². The van der Waals surface area contributed by atoms with Crippen LogP contribution < -0.4 is 5.32 Å². The average Bonchev–Trinajstić information content (AvgIpc) is 3.11. The Balaban J connectivity index is 1.67. The molecule has 0 fully saturated rings. The van der Waals surface area contributed by atoms with Crippen molar-refractivity contribution in [3.8, 4) is 0 Å². The number of H-pyrrole nitrogens is 1. The zero-order valence-electron chi connectivity index (χ0n) is 10.4. The molecule has 0 saturated heterocycles. The number of hydrogen-bond donors (Lipinski definition) is 2. The second kappa shape index (κ2) is 5.35. The van der Waals surface area contributed by atoms with Crippen LogP contribution in [0.5, 0.6) is 0 Å². The highest BCUT2D eigenvalue weighted by Gasteiger charge is 2.12. The van der Waals surface area contributed by atoms with Crippen LogP contribution >= 0.6 is 0 Å². The molecular weight excluding hydrogens is 258 g/mol. The van der Waals surface area contributed by atoms with Gasteiger partial charge in [-0.05, 0) is 5.56 Å². The first-order valence-corrected chi connectivity index (χ1v) is 5.98. The van der Waals surface area contributed by atoms with E-state index >= 15 is 0 Å². The third kappa shape index (κ3) is 2.72. The van der Waals surface area contributed by atoms with E-state index in [4.69, 9.17) is 4.52 Å². The number of anilines is 1. The highest BCUT2D eigenvalue weighted by molar-refractivity contribution is 6.00. The van der Waals surface area contributed by atoms with Gasteiger partial charge in [-0.3, -0.25) is 15.2 Å². The highest BCUT2D eigenvalue weighted by atomic mass is 16.5. The molecule has 2 heterocycles. The van der Waals surface area contributed by atoms with Crippen molar-refractivity contribution >= 4 is 11.9 Å². The van der Waals surface area contributed by atoms with Crippen molar-refractivity contribution in [1.82, 2.24) is 20.3 Å². The molecule has 7 heteroatoms. The fourth-order valence-electron chi connectivity index (χ4n) is 1.72. The number of hydrogen-bond acceptors (Lipinski definition) is 5. The van der Waals surface area contributed by atoms with Gasteiger partial charge in [0.05, 0.1) is 6.20 Å². The monoisotopic (exact) mass is 269 g/mol. The molecule has 3 aromatic rings. The summed E-state index contributed by atoms with van der Waals surface area (Å²) in [5.74, 6) is 0.550. The summed E-state index contributed by atoms with van der Waals surface area (Å²) in [6.45, 7) is 0. The lowest BCUT2D eigenvalue weighted by Crippen LogP contribution is -2.12. The van der Waals surface area contributed by atoms with Crippen LogP contribution in [0, 0.1) is 0 Å². The van der Waals surface area contributed by atoms with Gasteiger partial charge in [-0.1, -0.05) is 35.5 Å². The summed E-state index contributed by atoms with van der Waals surface area (Å²) in [5.41, 5.74) is 1.11. The van der Waals surface area contributed by atoms with Crippen molar-refractivity contribution in [2.24, 2.45) is 0 Å². The maximum Gasteiger partial charge on any atom is 0.296 e. The maximum atomic E-state index is 11.7. The summed E-state index contributed by atoms with van der Waals surface area (Å²) in [7, 11) is 0. The quantitative estimate of drug-likeness (QED) is 0.750. The fourth-order valence-corrected chi connectivity index (χ4v) is 1.72. The van der Waals surface area contributed by atoms with E-state index in [1.165, 1.54) is 12.3 Å². The summed E-state index contributed by atoms with van der Waals surface area (Å²) in [4.78, 5) is 15.9. The second-order valence-corrected chi connectivity index (χ2v) is 4.10. The number of carbonyl (C=O) groups excluding carboxylic acids is 1. The van der Waals surface area contributed by atoms with E-state index in [1.54, 1.807) is 0 Å². The van der Waals surface area contributed by atoms with Crippen LogP contribution in [-0.4, -0.2) is 26.2 Å². The van der Waals surface area contributed by atoms with Gasteiger partial charge in [0.15, 0.2) is 0 Å². The largest absolute Gasteiger partial charge is 0.351 e. The fraction of sp³-hybridized carbons (Fsp3) is 0.0769. The SMILES string of the molecule is O=C(Nc1n[nH]c(Cc2ccccc2)n1)c1ccno1. The normalized spacial score (nSPS) is 10.4. The van der Waals surface area contributed by atoms with Crippen LogP contribution in [-0.2, 0) is 6.42 Å². The summed E-state index contributed by atoms with van der Waals surface area (Å²) in [6, 6.07) is 11.3. The standard InChI is InChI=1S/C13H11N5O2/c19-12(10-6-7-14-20-10)16-13-15-11(17-18-13)8-9-4-2-1-3-5-9/h1-7H,8H2,(H2,15,16,17,18,19). The number of amides is 1. The highest BCUT2D eigenvalue weighted by Crippen LogP contribution is 2.08. The van der Waals surface area contributed by atoms with Gasteiger partial charge in [0, 0.05) is 12.5 Å². The van der Waals surface area contributed by atoms with E-state index in [9.17, 15) is 4.79 Å². The summed E-state index contributed by atoms with van der Waals surface area (Å²) in [6.07, 6.45) is 2.01. The molecule has 1 amide bonds. The molecule has 0 aliphatic heterocycles. The molecule has 0 unspecified atom stereocenters. The van der Waals surface area contributed by atoms with Crippen molar-refractivity contribution in [3.05, 3.63) is 59.7 Å². The molecule has 0 aliphatic carbocycles. The lowest BCUT2D eigenvalue weighted by atomic mass is 10.1. The average molecular weight is 269 g/mol. The zero-order valence-corrected chi connectivity index (χ0v) is 10.4. The van der Waals surface area contributed by atoms with E-state index in [0.717, 1.165) is 5.56 Å². The number of nitrogens with zero attached hydrogens (tertiary/aromatic N) is 3. The minimum Gasteiger partial charge on any atom is -0.351 e. The lowest BCUT2D eigenvalue weighted by Gasteiger charge is -1.96. The summed E-state index contributed by atoms with van der Waals surface area (Å²) < 4.78 is 4.74. The maximum absolute atomic E-state index is 11.7. The molecular formula is C13H11N5O2. The van der Waals surface area contributed by atoms with Crippen molar-refractivity contribution in [2.75, 3.05) is 5.32 Å². The van der Waals surface area contributed by atoms with Gasteiger partial charge in [0.2, 0.25) is 11.7 Å². The topological polar surface area (TPSA) is 96.7 Å². The molecule has 0 atom stereocenters. The Hall–Kier alpha value is -2.96. The van der Waals surface area contributed by atoms with Gasteiger partial charge in [0.1, 0.15) is 5.82 Å². The molecule has 100 valence electrons. The zero-order chi connectivity index (χ0) is 13.8. The van der Waals surface area contributed by atoms with Crippen molar-refractivity contribution in [1.29, 1.82) is 0 Å². The third-order valence-corrected chi connectivity index (χ3v) is 2.63. The molecule has 3 rings (SSSR count). The third-order valence-electron chi connectivity index (χ3n) is 2.63. The van der Waals surface area contributed by atoms with E-state index in [2.05, 4.69) is 25.7 Å². The molecule has 0 radical (unpaired) electrons. The van der Waals surface area contributed by atoms with Crippen LogP contribution in [0.2, 0.25) is 0 Å². The predicted octanol–water partition coefficient (Wildman–Crippen LogP) is 1.64. The molecule has 20 heavy (non-hydrogen) atoms. The number of aromatic amines is 1. The molecule has 0 saturated carbocycles. The van der Waals surface area contributed by atoms with Crippen molar-refractivity contribution in [3.63, 3.8) is 0 Å². The van der Waals surface area contributed by atoms with Gasteiger partial charge in [-0.2, -0.15) is 4.98 Å². The lowest BCUT2D eigenvalue weighted by molar-refractivity contribution is 0.0987. The van der Waals surface area contributed by atoms with Crippen LogP contribution in [0.3, 0.4) is 0 Å². The molecule has 2 N–H and O–H groups in total. The van der Waals surface area contributed by atoms with Gasteiger partial charge in [-0.25, -0.2) is 0 Å².